The molecule has 0 amide bonds. The van der Waals surface area contributed by atoms with E-state index in [1.54, 1.807) is 6.92 Å². The summed E-state index contributed by atoms with van der Waals surface area (Å²) >= 11 is 0. The first-order chi connectivity index (χ1) is 7.65. The minimum absolute atomic E-state index is 0.246. The topological polar surface area (TPSA) is 92.5 Å². The van der Waals surface area contributed by atoms with Crippen LogP contribution >= 0.6 is 0 Å². The maximum Gasteiger partial charge on any atom is 0.308 e. The zero-order valence-electron chi connectivity index (χ0n) is 8.91. The standard InChI is InChI=1S/C10H14N2O4/c1-2-16-9(14)3-8(13)10(15)7-4-11-6-12-5-7/h4-6,8,10,13,15H,2-3H2,1H3. The molecule has 0 spiro atoms. The number of aromatic nitrogens is 2. The Bertz CT molecular complexity index is 331. The van der Waals surface area contributed by atoms with E-state index in [2.05, 4.69) is 14.7 Å². The summed E-state index contributed by atoms with van der Waals surface area (Å²) in [6.45, 7) is 1.92. The van der Waals surface area contributed by atoms with Gasteiger partial charge in [-0.2, -0.15) is 0 Å². The lowest BCUT2D eigenvalue weighted by molar-refractivity contribution is -0.147. The van der Waals surface area contributed by atoms with Crippen LogP contribution in [-0.4, -0.2) is 38.9 Å². The molecule has 0 aromatic carbocycles. The number of ether oxygens (including phenoxy) is 1. The van der Waals surface area contributed by atoms with Crippen LogP contribution in [-0.2, 0) is 9.53 Å². The van der Waals surface area contributed by atoms with Crippen molar-refractivity contribution in [2.45, 2.75) is 25.6 Å². The Hall–Kier alpha value is -1.53. The molecule has 1 rings (SSSR count). The smallest absolute Gasteiger partial charge is 0.308 e. The van der Waals surface area contributed by atoms with Crippen LogP contribution in [0.25, 0.3) is 0 Å². The van der Waals surface area contributed by atoms with Gasteiger partial charge in [-0.25, -0.2) is 9.97 Å². The van der Waals surface area contributed by atoms with Gasteiger partial charge >= 0.3 is 5.97 Å². The predicted octanol–water partition coefficient (Wildman–Crippen LogP) is -0.176. The summed E-state index contributed by atoms with van der Waals surface area (Å²) in [5.74, 6) is -0.550. The molecule has 6 nitrogen and oxygen atoms in total. The Labute approximate surface area is 92.9 Å². The number of nitrogens with zero attached hydrogens (tertiary/aromatic N) is 2. The average molecular weight is 226 g/mol. The number of aliphatic hydroxyl groups is 2. The van der Waals surface area contributed by atoms with Crippen molar-refractivity contribution < 1.29 is 19.7 Å². The molecule has 0 radical (unpaired) electrons. The monoisotopic (exact) mass is 226 g/mol. The molecule has 1 heterocycles. The molecule has 0 bridgehead atoms. The molecule has 1 aromatic rings. The molecule has 0 saturated carbocycles. The lowest BCUT2D eigenvalue weighted by Gasteiger charge is -2.16. The van der Waals surface area contributed by atoms with E-state index in [-0.39, 0.29) is 13.0 Å². The molecule has 0 aliphatic rings. The van der Waals surface area contributed by atoms with Crippen molar-refractivity contribution in [3.63, 3.8) is 0 Å². The van der Waals surface area contributed by atoms with Gasteiger partial charge in [-0.05, 0) is 6.92 Å². The number of rotatable bonds is 5. The number of hydrogen-bond acceptors (Lipinski definition) is 6. The molecule has 0 aliphatic carbocycles. The molecular formula is C10H14N2O4. The fraction of sp³-hybridized carbons (Fsp3) is 0.500. The van der Waals surface area contributed by atoms with E-state index in [0.29, 0.717) is 5.56 Å². The summed E-state index contributed by atoms with van der Waals surface area (Å²) < 4.78 is 4.66. The van der Waals surface area contributed by atoms with Gasteiger partial charge in [0.1, 0.15) is 12.4 Å². The first-order valence-corrected chi connectivity index (χ1v) is 4.91. The Balaban J connectivity index is 2.54. The molecule has 0 aliphatic heterocycles. The number of hydrogen-bond donors (Lipinski definition) is 2. The minimum atomic E-state index is -1.22. The highest BCUT2D eigenvalue weighted by atomic mass is 16.5. The van der Waals surface area contributed by atoms with Crippen molar-refractivity contribution in [3.05, 3.63) is 24.3 Å². The minimum Gasteiger partial charge on any atom is -0.466 e. The summed E-state index contributed by atoms with van der Waals surface area (Å²) in [6, 6.07) is 0. The third-order valence-corrected chi connectivity index (χ3v) is 1.97. The number of carbonyl (C=O) groups excluding carboxylic acids is 1. The van der Waals surface area contributed by atoms with Gasteiger partial charge in [-0.1, -0.05) is 0 Å². The van der Waals surface area contributed by atoms with Gasteiger partial charge in [0.15, 0.2) is 0 Å². The van der Waals surface area contributed by atoms with Crippen LogP contribution in [0.5, 0.6) is 0 Å². The third-order valence-electron chi connectivity index (χ3n) is 1.97. The van der Waals surface area contributed by atoms with Crippen LogP contribution < -0.4 is 0 Å². The second-order valence-corrected chi connectivity index (χ2v) is 3.19. The van der Waals surface area contributed by atoms with Gasteiger partial charge < -0.3 is 14.9 Å². The predicted molar refractivity (Wildman–Crippen MR) is 54.2 cm³/mol. The fourth-order valence-corrected chi connectivity index (χ4v) is 1.19. The first kappa shape index (κ1) is 12.5. The highest BCUT2D eigenvalue weighted by Crippen LogP contribution is 2.17. The molecular weight excluding hydrogens is 212 g/mol. The van der Waals surface area contributed by atoms with Crippen LogP contribution in [0.3, 0.4) is 0 Å². The lowest BCUT2D eigenvalue weighted by atomic mass is 10.1. The first-order valence-electron chi connectivity index (χ1n) is 4.91. The van der Waals surface area contributed by atoms with Gasteiger partial charge in [-0.3, -0.25) is 4.79 Å². The van der Waals surface area contributed by atoms with Crippen LogP contribution in [0.1, 0.15) is 25.0 Å². The average Bonchev–Trinajstić information content (AvgIpc) is 2.29. The quantitative estimate of drug-likeness (QED) is 0.677. The molecule has 16 heavy (non-hydrogen) atoms. The normalized spacial score (nSPS) is 14.2. The summed E-state index contributed by atoms with van der Waals surface area (Å²) in [4.78, 5) is 18.5. The van der Waals surface area contributed by atoms with Crippen LogP contribution in [0, 0.1) is 0 Å². The van der Waals surface area contributed by atoms with E-state index in [0.717, 1.165) is 0 Å². The molecule has 0 saturated heterocycles. The van der Waals surface area contributed by atoms with Crippen molar-refractivity contribution in [1.29, 1.82) is 0 Å². The molecule has 1 aromatic heterocycles. The maximum atomic E-state index is 11.1. The van der Waals surface area contributed by atoms with Crippen molar-refractivity contribution in [2.75, 3.05) is 6.61 Å². The van der Waals surface area contributed by atoms with Crippen molar-refractivity contribution in [1.82, 2.24) is 9.97 Å². The summed E-state index contributed by atoms with van der Waals surface area (Å²) in [7, 11) is 0. The second kappa shape index (κ2) is 6.14. The summed E-state index contributed by atoms with van der Waals surface area (Å²) in [5, 5.41) is 19.2. The van der Waals surface area contributed by atoms with Crippen LogP contribution in [0.4, 0.5) is 0 Å². The molecule has 88 valence electrons. The Morgan fingerprint density at radius 1 is 1.44 bits per heavy atom. The zero-order chi connectivity index (χ0) is 12.0. The SMILES string of the molecule is CCOC(=O)CC(O)C(O)c1cncnc1. The van der Waals surface area contributed by atoms with Crippen molar-refractivity contribution >= 4 is 5.97 Å². The Morgan fingerprint density at radius 2 is 2.06 bits per heavy atom. The lowest BCUT2D eigenvalue weighted by Crippen LogP contribution is -2.23. The second-order valence-electron chi connectivity index (χ2n) is 3.19. The number of carbonyl (C=O) groups is 1. The van der Waals surface area contributed by atoms with Gasteiger partial charge in [0.25, 0.3) is 0 Å². The van der Waals surface area contributed by atoms with Gasteiger partial charge in [-0.15, -0.1) is 0 Å². The molecule has 0 fully saturated rings. The fourth-order valence-electron chi connectivity index (χ4n) is 1.19. The van der Waals surface area contributed by atoms with E-state index in [1.165, 1.54) is 18.7 Å². The van der Waals surface area contributed by atoms with Crippen LogP contribution in [0.15, 0.2) is 18.7 Å². The summed E-state index contributed by atoms with van der Waals surface area (Å²) in [6.07, 6.45) is 1.41. The van der Waals surface area contributed by atoms with Gasteiger partial charge in [0, 0.05) is 18.0 Å². The van der Waals surface area contributed by atoms with E-state index < -0.39 is 18.2 Å². The molecule has 2 atom stereocenters. The Morgan fingerprint density at radius 3 is 2.62 bits per heavy atom. The van der Waals surface area contributed by atoms with Crippen LogP contribution in [0.2, 0.25) is 0 Å². The van der Waals surface area contributed by atoms with Gasteiger partial charge in [0.05, 0.1) is 19.1 Å². The number of esters is 1. The van der Waals surface area contributed by atoms with E-state index in [4.69, 9.17) is 0 Å². The Kier molecular flexibility index (Phi) is 4.81. The summed E-state index contributed by atoms with van der Waals surface area (Å²) in [5.41, 5.74) is 0.360. The molecule has 2 N–H and O–H groups in total. The van der Waals surface area contributed by atoms with Crippen molar-refractivity contribution in [3.8, 4) is 0 Å². The van der Waals surface area contributed by atoms with E-state index in [9.17, 15) is 15.0 Å². The van der Waals surface area contributed by atoms with Gasteiger partial charge in [0.2, 0.25) is 0 Å². The number of aliphatic hydroxyl groups excluding tert-OH is 2. The highest BCUT2D eigenvalue weighted by molar-refractivity contribution is 5.70. The zero-order valence-corrected chi connectivity index (χ0v) is 8.91. The maximum absolute atomic E-state index is 11.1. The molecule has 6 heteroatoms. The van der Waals surface area contributed by atoms with E-state index >= 15 is 0 Å². The van der Waals surface area contributed by atoms with Crippen molar-refractivity contribution in [2.24, 2.45) is 0 Å². The highest BCUT2D eigenvalue weighted by Gasteiger charge is 2.22. The third kappa shape index (κ3) is 3.56. The van der Waals surface area contributed by atoms with E-state index in [1.807, 2.05) is 0 Å². The molecule has 2 unspecified atom stereocenters. The largest absolute Gasteiger partial charge is 0.466 e.